The summed E-state index contributed by atoms with van der Waals surface area (Å²) < 4.78 is 5.21. The first-order chi connectivity index (χ1) is 8.16. The molecule has 0 amide bonds. The highest BCUT2D eigenvalue weighted by Gasteiger charge is 2.12. The molecule has 1 aromatic carbocycles. The summed E-state index contributed by atoms with van der Waals surface area (Å²) in [6.45, 7) is 1.96. The molecule has 0 aliphatic heterocycles. The first-order valence-electron chi connectivity index (χ1n) is 5.27. The molecule has 0 fully saturated rings. The lowest BCUT2D eigenvalue weighted by Gasteiger charge is -2.11. The van der Waals surface area contributed by atoms with Crippen molar-refractivity contribution in [3.05, 3.63) is 41.2 Å². The van der Waals surface area contributed by atoms with E-state index in [4.69, 9.17) is 21.8 Å². The minimum atomic E-state index is 0.0683. The average Bonchev–Trinajstić information content (AvgIpc) is 2.75. The van der Waals surface area contributed by atoms with E-state index in [-0.39, 0.29) is 6.04 Å². The number of rotatable bonds is 4. The van der Waals surface area contributed by atoms with Crippen LogP contribution in [0.4, 0.5) is 0 Å². The molecule has 0 saturated carbocycles. The third kappa shape index (κ3) is 3.25. The van der Waals surface area contributed by atoms with Gasteiger partial charge in [0.2, 0.25) is 0 Å². The van der Waals surface area contributed by atoms with E-state index in [1.807, 2.05) is 25.1 Å². The number of halogens is 1. The summed E-state index contributed by atoms with van der Waals surface area (Å²) >= 11 is 7.65. The van der Waals surface area contributed by atoms with E-state index < -0.39 is 0 Å². The van der Waals surface area contributed by atoms with E-state index in [1.54, 1.807) is 12.5 Å². The molecule has 17 heavy (non-hydrogen) atoms. The number of nitrogens with two attached hydrogens (primary N) is 1. The Hall–Kier alpha value is -0.970. The standard InChI is InChI=1S/C12H13ClN2OS/c1-8(14)7-9-10(13)3-2-4-11(9)17-12-15-5-6-16-12/h2-6,8H,7,14H2,1H3. The summed E-state index contributed by atoms with van der Waals surface area (Å²) in [5.41, 5.74) is 6.88. The molecule has 0 bridgehead atoms. The lowest BCUT2D eigenvalue weighted by atomic mass is 10.1. The summed E-state index contributed by atoms with van der Waals surface area (Å²) in [6.07, 6.45) is 3.92. The normalized spacial score (nSPS) is 12.6. The van der Waals surface area contributed by atoms with Crippen molar-refractivity contribution in [3.8, 4) is 0 Å². The fourth-order valence-corrected chi connectivity index (χ4v) is 2.69. The fraction of sp³-hybridized carbons (Fsp3) is 0.250. The maximum Gasteiger partial charge on any atom is 0.260 e. The van der Waals surface area contributed by atoms with Gasteiger partial charge in [-0.1, -0.05) is 17.7 Å². The predicted octanol–water partition coefficient (Wildman–Crippen LogP) is 3.37. The van der Waals surface area contributed by atoms with Crippen molar-refractivity contribution in [3.63, 3.8) is 0 Å². The van der Waals surface area contributed by atoms with Gasteiger partial charge in [0.1, 0.15) is 6.26 Å². The minimum Gasteiger partial charge on any atom is -0.440 e. The van der Waals surface area contributed by atoms with Crippen molar-refractivity contribution in [2.24, 2.45) is 5.73 Å². The fourth-order valence-electron chi connectivity index (χ4n) is 1.51. The van der Waals surface area contributed by atoms with Gasteiger partial charge in [-0.3, -0.25) is 0 Å². The molecule has 3 nitrogen and oxygen atoms in total. The topological polar surface area (TPSA) is 52.0 Å². The van der Waals surface area contributed by atoms with Crippen molar-refractivity contribution in [1.82, 2.24) is 4.98 Å². The number of hydrogen-bond acceptors (Lipinski definition) is 4. The van der Waals surface area contributed by atoms with Crippen LogP contribution in [-0.2, 0) is 6.42 Å². The molecule has 2 aromatic rings. The van der Waals surface area contributed by atoms with Crippen molar-refractivity contribution in [2.75, 3.05) is 0 Å². The van der Waals surface area contributed by atoms with Crippen LogP contribution < -0.4 is 5.73 Å². The van der Waals surface area contributed by atoms with Crippen LogP contribution in [0, 0.1) is 0 Å². The highest BCUT2D eigenvalue weighted by molar-refractivity contribution is 7.99. The molecule has 0 aliphatic carbocycles. The van der Waals surface area contributed by atoms with E-state index >= 15 is 0 Å². The van der Waals surface area contributed by atoms with Gasteiger partial charge in [-0.05, 0) is 42.8 Å². The number of benzene rings is 1. The van der Waals surface area contributed by atoms with Crippen molar-refractivity contribution in [2.45, 2.75) is 29.5 Å². The molecular weight excluding hydrogens is 256 g/mol. The maximum atomic E-state index is 6.19. The predicted molar refractivity (Wildman–Crippen MR) is 69.4 cm³/mol. The molecule has 1 atom stereocenters. The molecule has 90 valence electrons. The van der Waals surface area contributed by atoms with Gasteiger partial charge < -0.3 is 10.2 Å². The van der Waals surface area contributed by atoms with Crippen molar-refractivity contribution >= 4 is 23.4 Å². The van der Waals surface area contributed by atoms with Gasteiger partial charge in [0.25, 0.3) is 5.22 Å². The second-order valence-electron chi connectivity index (χ2n) is 3.80. The number of hydrogen-bond donors (Lipinski definition) is 1. The second kappa shape index (κ2) is 5.58. The monoisotopic (exact) mass is 268 g/mol. The van der Waals surface area contributed by atoms with Gasteiger partial charge in [0.15, 0.2) is 0 Å². The van der Waals surface area contributed by atoms with Crippen LogP contribution >= 0.6 is 23.4 Å². The largest absolute Gasteiger partial charge is 0.440 e. The Labute approximate surface area is 109 Å². The van der Waals surface area contributed by atoms with E-state index in [1.165, 1.54) is 11.8 Å². The van der Waals surface area contributed by atoms with Crippen LogP contribution in [0.1, 0.15) is 12.5 Å². The molecule has 0 aliphatic rings. The second-order valence-corrected chi connectivity index (χ2v) is 5.20. The van der Waals surface area contributed by atoms with E-state index in [0.29, 0.717) is 5.22 Å². The van der Waals surface area contributed by atoms with Gasteiger partial charge >= 0.3 is 0 Å². The molecule has 0 saturated heterocycles. The molecule has 0 spiro atoms. The third-order valence-electron chi connectivity index (χ3n) is 2.21. The van der Waals surface area contributed by atoms with Gasteiger partial charge in [0.05, 0.1) is 6.20 Å². The van der Waals surface area contributed by atoms with E-state index in [9.17, 15) is 0 Å². The van der Waals surface area contributed by atoms with Gasteiger partial charge in [-0.25, -0.2) is 4.98 Å². The maximum absolute atomic E-state index is 6.19. The van der Waals surface area contributed by atoms with Crippen molar-refractivity contribution in [1.29, 1.82) is 0 Å². The number of oxazole rings is 1. The number of nitrogens with zero attached hydrogens (tertiary/aromatic N) is 1. The summed E-state index contributed by atoms with van der Waals surface area (Å²) in [7, 11) is 0. The molecule has 0 radical (unpaired) electrons. The zero-order chi connectivity index (χ0) is 12.3. The van der Waals surface area contributed by atoms with Crippen LogP contribution in [0.5, 0.6) is 0 Å². The highest BCUT2D eigenvalue weighted by atomic mass is 35.5. The highest BCUT2D eigenvalue weighted by Crippen LogP contribution is 2.33. The Morgan fingerprint density at radius 1 is 1.53 bits per heavy atom. The number of aromatic nitrogens is 1. The van der Waals surface area contributed by atoms with E-state index in [0.717, 1.165) is 21.9 Å². The quantitative estimate of drug-likeness (QED) is 0.924. The molecule has 1 unspecified atom stereocenters. The third-order valence-corrected chi connectivity index (χ3v) is 3.54. The average molecular weight is 269 g/mol. The lowest BCUT2D eigenvalue weighted by molar-refractivity contribution is 0.454. The molecular formula is C12H13ClN2OS. The first kappa shape index (κ1) is 12.5. The SMILES string of the molecule is CC(N)Cc1c(Cl)cccc1Sc1ncco1. The minimum absolute atomic E-state index is 0.0683. The zero-order valence-corrected chi connectivity index (χ0v) is 11.0. The van der Waals surface area contributed by atoms with Crippen LogP contribution in [-0.4, -0.2) is 11.0 Å². The Bertz CT molecular complexity index is 485. The molecule has 1 heterocycles. The van der Waals surface area contributed by atoms with Gasteiger partial charge in [0, 0.05) is 16.0 Å². The smallest absolute Gasteiger partial charge is 0.260 e. The summed E-state index contributed by atoms with van der Waals surface area (Å²) in [4.78, 5) is 5.12. The Balaban J connectivity index is 2.29. The Morgan fingerprint density at radius 3 is 3.00 bits per heavy atom. The first-order valence-corrected chi connectivity index (χ1v) is 6.46. The summed E-state index contributed by atoms with van der Waals surface area (Å²) in [5, 5.41) is 1.34. The van der Waals surface area contributed by atoms with Crippen LogP contribution in [0.2, 0.25) is 5.02 Å². The van der Waals surface area contributed by atoms with Crippen molar-refractivity contribution < 1.29 is 4.42 Å². The summed E-state index contributed by atoms with van der Waals surface area (Å²) in [5.74, 6) is 0. The zero-order valence-electron chi connectivity index (χ0n) is 9.39. The van der Waals surface area contributed by atoms with Gasteiger partial charge in [-0.2, -0.15) is 0 Å². The molecule has 2 N–H and O–H groups in total. The van der Waals surface area contributed by atoms with Crippen LogP contribution in [0.3, 0.4) is 0 Å². The molecule has 1 aromatic heterocycles. The Morgan fingerprint density at radius 2 is 2.35 bits per heavy atom. The van der Waals surface area contributed by atoms with Gasteiger partial charge in [-0.15, -0.1) is 0 Å². The van der Waals surface area contributed by atoms with Crippen LogP contribution in [0.25, 0.3) is 0 Å². The molecule has 2 rings (SSSR count). The van der Waals surface area contributed by atoms with E-state index in [2.05, 4.69) is 4.98 Å². The van der Waals surface area contributed by atoms with Crippen LogP contribution in [0.15, 0.2) is 45.2 Å². The Kier molecular flexibility index (Phi) is 4.10. The molecule has 5 heteroatoms. The summed E-state index contributed by atoms with van der Waals surface area (Å²) in [6, 6.07) is 5.86. The lowest BCUT2D eigenvalue weighted by Crippen LogP contribution is -2.18.